The predicted molar refractivity (Wildman–Crippen MR) is 71.6 cm³/mol. The van der Waals surface area contributed by atoms with Crippen LogP contribution < -0.4 is 10.6 Å². The Morgan fingerprint density at radius 1 is 1.24 bits per heavy atom. The number of rotatable bonds is 8. The molecule has 1 fully saturated rings. The molecule has 0 aromatic rings. The van der Waals surface area contributed by atoms with Gasteiger partial charge in [0.1, 0.15) is 6.61 Å². The Bertz CT molecular complexity index is 197. The Kier molecular flexibility index (Phi) is 10.6. The molecule has 0 atom stereocenters. The fourth-order valence-corrected chi connectivity index (χ4v) is 1.89. The highest BCUT2D eigenvalue weighted by Crippen LogP contribution is 2.20. The van der Waals surface area contributed by atoms with Gasteiger partial charge in [-0.15, -0.1) is 12.4 Å². The largest absolute Gasteiger partial charge is 0.368 e. The quantitative estimate of drug-likeness (QED) is 0.653. The summed E-state index contributed by atoms with van der Waals surface area (Å²) in [4.78, 5) is 11.4. The van der Waals surface area contributed by atoms with E-state index in [0.717, 1.165) is 32.4 Å². The van der Waals surface area contributed by atoms with E-state index in [0.29, 0.717) is 12.6 Å². The molecular formula is C12H25ClN2O2. The molecule has 4 nitrogen and oxygen atoms in total. The Morgan fingerprint density at radius 2 is 1.94 bits per heavy atom. The van der Waals surface area contributed by atoms with Crippen LogP contribution in [-0.4, -0.2) is 38.3 Å². The Balaban J connectivity index is 0.00000256. The molecule has 102 valence electrons. The van der Waals surface area contributed by atoms with Crippen molar-refractivity contribution >= 4 is 18.3 Å². The highest BCUT2D eigenvalue weighted by Gasteiger charge is 2.16. The summed E-state index contributed by atoms with van der Waals surface area (Å²) >= 11 is 0. The maximum atomic E-state index is 11.4. The summed E-state index contributed by atoms with van der Waals surface area (Å²) in [6.07, 6.45) is 6.17. The first-order valence-corrected chi connectivity index (χ1v) is 6.42. The van der Waals surface area contributed by atoms with Crippen LogP contribution in [0.15, 0.2) is 0 Å². The number of hydrogen-bond acceptors (Lipinski definition) is 3. The van der Waals surface area contributed by atoms with Gasteiger partial charge in [0.05, 0.1) is 6.10 Å². The minimum Gasteiger partial charge on any atom is -0.368 e. The SMILES string of the molecule is CCCNCCNC(=O)COC1CCCC1.Cl. The van der Waals surface area contributed by atoms with Crippen molar-refractivity contribution in [2.45, 2.75) is 45.1 Å². The molecule has 0 aromatic heterocycles. The molecule has 17 heavy (non-hydrogen) atoms. The highest BCUT2D eigenvalue weighted by atomic mass is 35.5. The lowest BCUT2D eigenvalue weighted by molar-refractivity contribution is -0.127. The zero-order valence-electron chi connectivity index (χ0n) is 10.7. The lowest BCUT2D eigenvalue weighted by atomic mass is 10.3. The Labute approximate surface area is 110 Å². The lowest BCUT2D eigenvalue weighted by Gasteiger charge is -2.11. The van der Waals surface area contributed by atoms with Crippen LogP contribution in [0, 0.1) is 0 Å². The van der Waals surface area contributed by atoms with Gasteiger partial charge in [-0.05, 0) is 25.8 Å². The first-order chi connectivity index (χ1) is 7.83. The number of halogens is 1. The molecule has 1 amide bonds. The smallest absolute Gasteiger partial charge is 0.246 e. The van der Waals surface area contributed by atoms with E-state index < -0.39 is 0 Å². The molecule has 0 aliphatic heterocycles. The van der Waals surface area contributed by atoms with Crippen molar-refractivity contribution in [3.05, 3.63) is 0 Å². The first kappa shape index (κ1) is 16.7. The van der Waals surface area contributed by atoms with Gasteiger partial charge in [-0.1, -0.05) is 19.8 Å². The van der Waals surface area contributed by atoms with Gasteiger partial charge in [-0.25, -0.2) is 0 Å². The minimum absolute atomic E-state index is 0. The minimum atomic E-state index is 0. The molecule has 0 unspecified atom stereocenters. The third-order valence-electron chi connectivity index (χ3n) is 2.80. The third kappa shape index (κ3) is 8.41. The summed E-state index contributed by atoms with van der Waals surface area (Å²) in [5.41, 5.74) is 0. The van der Waals surface area contributed by atoms with E-state index >= 15 is 0 Å². The second kappa shape index (κ2) is 10.8. The number of hydrogen-bond donors (Lipinski definition) is 2. The number of nitrogens with one attached hydrogen (secondary N) is 2. The Hall–Kier alpha value is -0.320. The van der Waals surface area contributed by atoms with Gasteiger partial charge in [0.2, 0.25) is 5.91 Å². The number of carbonyl (C=O) groups excluding carboxylic acids is 1. The molecule has 0 radical (unpaired) electrons. The number of amides is 1. The molecule has 0 aromatic carbocycles. The highest BCUT2D eigenvalue weighted by molar-refractivity contribution is 5.85. The molecule has 5 heteroatoms. The third-order valence-corrected chi connectivity index (χ3v) is 2.80. The van der Waals surface area contributed by atoms with Crippen molar-refractivity contribution in [3.63, 3.8) is 0 Å². The van der Waals surface area contributed by atoms with E-state index in [1.807, 2.05) is 0 Å². The van der Waals surface area contributed by atoms with E-state index in [4.69, 9.17) is 4.74 Å². The second-order valence-corrected chi connectivity index (χ2v) is 4.32. The summed E-state index contributed by atoms with van der Waals surface area (Å²) < 4.78 is 5.51. The fourth-order valence-electron chi connectivity index (χ4n) is 1.89. The monoisotopic (exact) mass is 264 g/mol. The summed E-state index contributed by atoms with van der Waals surface area (Å²) in [6, 6.07) is 0. The molecule has 1 rings (SSSR count). The normalized spacial score (nSPS) is 15.6. The second-order valence-electron chi connectivity index (χ2n) is 4.32. The lowest BCUT2D eigenvalue weighted by Crippen LogP contribution is -2.35. The molecule has 0 spiro atoms. The summed E-state index contributed by atoms with van der Waals surface area (Å²) in [6.45, 7) is 4.88. The molecule has 1 saturated carbocycles. The fraction of sp³-hybridized carbons (Fsp3) is 0.917. The summed E-state index contributed by atoms with van der Waals surface area (Å²) in [5, 5.41) is 6.07. The summed E-state index contributed by atoms with van der Waals surface area (Å²) in [7, 11) is 0. The standard InChI is InChI=1S/C12H24N2O2.ClH/c1-2-7-13-8-9-14-12(15)10-16-11-5-3-4-6-11;/h11,13H,2-10H2,1H3,(H,14,15);1H. The van der Waals surface area contributed by atoms with Crippen LogP contribution in [0.1, 0.15) is 39.0 Å². The average Bonchev–Trinajstić information content (AvgIpc) is 2.79. The maximum absolute atomic E-state index is 11.4. The molecule has 0 heterocycles. The number of carbonyl (C=O) groups is 1. The predicted octanol–water partition coefficient (Wildman–Crippen LogP) is 1.48. The molecule has 0 bridgehead atoms. The maximum Gasteiger partial charge on any atom is 0.246 e. The van der Waals surface area contributed by atoms with Crippen molar-refractivity contribution in [2.75, 3.05) is 26.2 Å². The van der Waals surface area contributed by atoms with Crippen LogP contribution in [0.4, 0.5) is 0 Å². The van der Waals surface area contributed by atoms with Crippen LogP contribution >= 0.6 is 12.4 Å². The Morgan fingerprint density at radius 3 is 2.59 bits per heavy atom. The van der Waals surface area contributed by atoms with E-state index in [1.54, 1.807) is 0 Å². The van der Waals surface area contributed by atoms with Crippen molar-refractivity contribution in [3.8, 4) is 0 Å². The van der Waals surface area contributed by atoms with Gasteiger partial charge >= 0.3 is 0 Å². The van der Waals surface area contributed by atoms with Crippen molar-refractivity contribution in [1.29, 1.82) is 0 Å². The van der Waals surface area contributed by atoms with Crippen LogP contribution in [-0.2, 0) is 9.53 Å². The summed E-state index contributed by atoms with van der Waals surface area (Å²) in [5.74, 6) is 0.00481. The zero-order chi connectivity index (χ0) is 11.6. The van der Waals surface area contributed by atoms with Gasteiger partial charge in [-0.3, -0.25) is 4.79 Å². The zero-order valence-corrected chi connectivity index (χ0v) is 11.5. The van der Waals surface area contributed by atoms with E-state index in [9.17, 15) is 4.79 Å². The van der Waals surface area contributed by atoms with Crippen molar-refractivity contribution in [2.24, 2.45) is 0 Å². The first-order valence-electron chi connectivity index (χ1n) is 6.42. The topological polar surface area (TPSA) is 50.4 Å². The van der Waals surface area contributed by atoms with Crippen LogP contribution in [0.25, 0.3) is 0 Å². The van der Waals surface area contributed by atoms with Crippen LogP contribution in [0.3, 0.4) is 0 Å². The number of ether oxygens (including phenoxy) is 1. The molecule has 1 aliphatic carbocycles. The van der Waals surface area contributed by atoms with Crippen molar-refractivity contribution in [1.82, 2.24) is 10.6 Å². The van der Waals surface area contributed by atoms with Crippen molar-refractivity contribution < 1.29 is 9.53 Å². The van der Waals surface area contributed by atoms with Gasteiger partial charge in [0, 0.05) is 13.1 Å². The molecule has 0 saturated heterocycles. The van der Waals surface area contributed by atoms with E-state index in [1.165, 1.54) is 12.8 Å². The molecule has 2 N–H and O–H groups in total. The van der Waals surface area contributed by atoms with E-state index in [2.05, 4.69) is 17.6 Å². The average molecular weight is 265 g/mol. The van der Waals surface area contributed by atoms with Crippen LogP contribution in [0.2, 0.25) is 0 Å². The van der Waals surface area contributed by atoms with Gasteiger partial charge in [0.25, 0.3) is 0 Å². The van der Waals surface area contributed by atoms with Gasteiger partial charge < -0.3 is 15.4 Å². The molecule has 1 aliphatic rings. The van der Waals surface area contributed by atoms with Gasteiger partial charge in [0.15, 0.2) is 0 Å². The molecular weight excluding hydrogens is 240 g/mol. The van der Waals surface area contributed by atoms with Gasteiger partial charge in [-0.2, -0.15) is 0 Å². The van der Waals surface area contributed by atoms with Crippen LogP contribution in [0.5, 0.6) is 0 Å². The van der Waals surface area contributed by atoms with E-state index in [-0.39, 0.29) is 24.9 Å².